The number of benzene rings is 1. The Balaban J connectivity index is 2.51. The van der Waals surface area contributed by atoms with Crippen molar-refractivity contribution >= 4 is 11.6 Å². The van der Waals surface area contributed by atoms with Crippen molar-refractivity contribution in [2.75, 3.05) is 11.9 Å². The summed E-state index contributed by atoms with van der Waals surface area (Å²) >= 11 is 0. The molecular formula is C13H20FN3O. The Hall–Kier alpha value is -1.62. The molecule has 18 heavy (non-hydrogen) atoms. The third-order valence-corrected chi connectivity index (χ3v) is 2.38. The van der Waals surface area contributed by atoms with E-state index in [4.69, 9.17) is 5.73 Å². The number of nitrogens with two attached hydrogens (primary N) is 1. The SMILES string of the molecule is CC(C)NC(=O)CC(CN)Nc1ccc(F)cc1. The van der Waals surface area contributed by atoms with Gasteiger partial charge >= 0.3 is 0 Å². The predicted molar refractivity (Wildman–Crippen MR) is 70.8 cm³/mol. The van der Waals surface area contributed by atoms with E-state index in [0.29, 0.717) is 13.0 Å². The summed E-state index contributed by atoms with van der Waals surface area (Å²) in [6.45, 7) is 4.15. The minimum absolute atomic E-state index is 0.0462. The van der Waals surface area contributed by atoms with Crippen LogP contribution in [0.1, 0.15) is 20.3 Å². The molecule has 1 unspecified atom stereocenters. The minimum atomic E-state index is -0.289. The number of halogens is 1. The molecule has 1 atom stereocenters. The molecule has 100 valence electrons. The molecule has 1 aromatic rings. The second-order valence-corrected chi connectivity index (χ2v) is 4.51. The Morgan fingerprint density at radius 1 is 1.33 bits per heavy atom. The molecule has 0 saturated heterocycles. The Labute approximate surface area is 107 Å². The first-order valence-corrected chi connectivity index (χ1v) is 6.02. The van der Waals surface area contributed by atoms with Crippen LogP contribution in [-0.4, -0.2) is 24.5 Å². The van der Waals surface area contributed by atoms with Crippen LogP contribution in [0.5, 0.6) is 0 Å². The lowest BCUT2D eigenvalue weighted by molar-refractivity contribution is -0.121. The van der Waals surface area contributed by atoms with Crippen molar-refractivity contribution in [1.82, 2.24) is 5.32 Å². The number of hydrogen-bond acceptors (Lipinski definition) is 3. The zero-order valence-corrected chi connectivity index (χ0v) is 10.7. The van der Waals surface area contributed by atoms with Crippen molar-refractivity contribution in [3.05, 3.63) is 30.1 Å². The molecule has 0 spiro atoms. The lowest BCUT2D eigenvalue weighted by atomic mass is 10.1. The van der Waals surface area contributed by atoms with Crippen LogP contribution in [0.4, 0.5) is 10.1 Å². The van der Waals surface area contributed by atoms with Crippen LogP contribution in [0.2, 0.25) is 0 Å². The smallest absolute Gasteiger partial charge is 0.222 e. The number of carbonyl (C=O) groups is 1. The third kappa shape index (κ3) is 5.14. The average molecular weight is 253 g/mol. The highest BCUT2D eigenvalue weighted by atomic mass is 19.1. The van der Waals surface area contributed by atoms with Crippen LogP contribution >= 0.6 is 0 Å². The fraction of sp³-hybridized carbons (Fsp3) is 0.462. The first-order chi connectivity index (χ1) is 8.51. The normalized spacial score (nSPS) is 12.3. The summed E-state index contributed by atoms with van der Waals surface area (Å²) < 4.78 is 12.7. The van der Waals surface area contributed by atoms with Crippen molar-refractivity contribution in [3.8, 4) is 0 Å². The van der Waals surface area contributed by atoms with Gasteiger partial charge in [0.2, 0.25) is 5.91 Å². The van der Waals surface area contributed by atoms with Gasteiger partial charge in [0, 0.05) is 30.7 Å². The monoisotopic (exact) mass is 253 g/mol. The standard InChI is InChI=1S/C13H20FN3O/c1-9(2)16-13(18)7-12(8-15)17-11-5-3-10(14)4-6-11/h3-6,9,12,17H,7-8,15H2,1-2H3,(H,16,18). The van der Waals surface area contributed by atoms with Gasteiger partial charge in [-0.3, -0.25) is 4.79 Å². The first-order valence-electron chi connectivity index (χ1n) is 6.02. The quantitative estimate of drug-likeness (QED) is 0.719. The highest BCUT2D eigenvalue weighted by molar-refractivity contribution is 5.77. The zero-order chi connectivity index (χ0) is 13.5. The van der Waals surface area contributed by atoms with Crippen LogP contribution in [0.3, 0.4) is 0 Å². The van der Waals surface area contributed by atoms with Crippen LogP contribution in [0, 0.1) is 5.82 Å². The molecule has 0 aliphatic heterocycles. The van der Waals surface area contributed by atoms with E-state index in [1.807, 2.05) is 13.8 Å². The Kier molecular flexibility index (Phi) is 5.58. The van der Waals surface area contributed by atoms with Crippen molar-refractivity contribution in [2.24, 2.45) is 5.73 Å². The lowest BCUT2D eigenvalue weighted by Crippen LogP contribution is -2.38. The van der Waals surface area contributed by atoms with E-state index in [0.717, 1.165) is 5.69 Å². The molecule has 4 N–H and O–H groups in total. The molecule has 0 bridgehead atoms. The molecule has 1 aromatic carbocycles. The minimum Gasteiger partial charge on any atom is -0.381 e. The van der Waals surface area contributed by atoms with E-state index in [2.05, 4.69) is 10.6 Å². The summed E-state index contributed by atoms with van der Waals surface area (Å²) in [6, 6.07) is 5.93. The molecule has 0 heterocycles. The van der Waals surface area contributed by atoms with Gasteiger partial charge < -0.3 is 16.4 Å². The van der Waals surface area contributed by atoms with E-state index in [9.17, 15) is 9.18 Å². The fourth-order valence-corrected chi connectivity index (χ4v) is 1.58. The van der Waals surface area contributed by atoms with Crippen LogP contribution in [-0.2, 0) is 4.79 Å². The Morgan fingerprint density at radius 3 is 2.44 bits per heavy atom. The molecule has 0 fully saturated rings. The van der Waals surface area contributed by atoms with E-state index >= 15 is 0 Å². The van der Waals surface area contributed by atoms with Crippen molar-refractivity contribution in [3.63, 3.8) is 0 Å². The summed E-state index contributed by atoms with van der Waals surface area (Å²) in [7, 11) is 0. The second-order valence-electron chi connectivity index (χ2n) is 4.51. The van der Waals surface area contributed by atoms with Gasteiger partial charge in [-0.1, -0.05) is 0 Å². The topological polar surface area (TPSA) is 67.2 Å². The highest BCUT2D eigenvalue weighted by Crippen LogP contribution is 2.10. The van der Waals surface area contributed by atoms with E-state index in [1.54, 1.807) is 12.1 Å². The van der Waals surface area contributed by atoms with Crippen molar-refractivity contribution in [2.45, 2.75) is 32.4 Å². The maximum atomic E-state index is 12.7. The molecule has 0 saturated carbocycles. The number of hydrogen-bond donors (Lipinski definition) is 3. The summed E-state index contributed by atoms with van der Waals surface area (Å²) in [4.78, 5) is 11.6. The largest absolute Gasteiger partial charge is 0.381 e. The number of rotatable bonds is 6. The number of amides is 1. The predicted octanol–water partition coefficient (Wildman–Crippen LogP) is 1.48. The van der Waals surface area contributed by atoms with Gasteiger partial charge in [-0.2, -0.15) is 0 Å². The molecule has 1 amide bonds. The van der Waals surface area contributed by atoms with Crippen molar-refractivity contribution < 1.29 is 9.18 Å². The molecule has 0 aliphatic carbocycles. The van der Waals surface area contributed by atoms with Gasteiger partial charge in [0.1, 0.15) is 5.82 Å². The third-order valence-electron chi connectivity index (χ3n) is 2.38. The Morgan fingerprint density at radius 2 is 1.94 bits per heavy atom. The number of carbonyl (C=O) groups excluding carboxylic acids is 1. The highest BCUT2D eigenvalue weighted by Gasteiger charge is 2.12. The fourth-order valence-electron chi connectivity index (χ4n) is 1.58. The summed E-state index contributed by atoms with van der Waals surface area (Å²) in [5.41, 5.74) is 6.37. The summed E-state index contributed by atoms with van der Waals surface area (Å²) in [5.74, 6) is -0.336. The van der Waals surface area contributed by atoms with Gasteiger partial charge in [-0.25, -0.2) is 4.39 Å². The number of anilines is 1. The van der Waals surface area contributed by atoms with Crippen LogP contribution < -0.4 is 16.4 Å². The van der Waals surface area contributed by atoms with Gasteiger partial charge in [-0.15, -0.1) is 0 Å². The lowest BCUT2D eigenvalue weighted by Gasteiger charge is -2.18. The van der Waals surface area contributed by atoms with Gasteiger partial charge in [0.25, 0.3) is 0 Å². The van der Waals surface area contributed by atoms with Gasteiger partial charge in [-0.05, 0) is 38.1 Å². The molecule has 0 radical (unpaired) electrons. The molecule has 4 nitrogen and oxygen atoms in total. The molecular weight excluding hydrogens is 233 g/mol. The van der Waals surface area contributed by atoms with Crippen molar-refractivity contribution in [1.29, 1.82) is 0 Å². The molecule has 1 rings (SSSR count). The maximum absolute atomic E-state index is 12.7. The first kappa shape index (κ1) is 14.4. The summed E-state index contributed by atoms with van der Waals surface area (Å²) in [5, 5.41) is 5.92. The van der Waals surface area contributed by atoms with E-state index in [-0.39, 0.29) is 23.8 Å². The van der Waals surface area contributed by atoms with Gasteiger partial charge in [0.15, 0.2) is 0 Å². The average Bonchev–Trinajstić information content (AvgIpc) is 2.30. The maximum Gasteiger partial charge on any atom is 0.222 e. The van der Waals surface area contributed by atoms with Crippen LogP contribution in [0.25, 0.3) is 0 Å². The van der Waals surface area contributed by atoms with Gasteiger partial charge in [0.05, 0.1) is 0 Å². The molecule has 0 aliphatic rings. The van der Waals surface area contributed by atoms with Crippen LogP contribution in [0.15, 0.2) is 24.3 Å². The number of nitrogens with one attached hydrogen (secondary N) is 2. The molecule has 5 heteroatoms. The zero-order valence-electron chi connectivity index (χ0n) is 10.7. The van der Waals surface area contributed by atoms with E-state index < -0.39 is 0 Å². The van der Waals surface area contributed by atoms with E-state index in [1.165, 1.54) is 12.1 Å². The second kappa shape index (κ2) is 6.96. The summed E-state index contributed by atoms with van der Waals surface area (Å²) in [6.07, 6.45) is 0.298. The molecule has 0 aromatic heterocycles. The Bertz CT molecular complexity index is 378.